The molecule has 0 aliphatic heterocycles. The smallest absolute Gasteiger partial charge is 0.243 e. The van der Waals surface area contributed by atoms with Crippen molar-refractivity contribution in [3.8, 4) is 0 Å². The molecule has 0 radical (unpaired) electrons. The van der Waals surface area contributed by atoms with Gasteiger partial charge in [0, 0.05) is 13.1 Å². The molecule has 0 heterocycles. The number of hydrogen-bond donors (Lipinski definition) is 0. The van der Waals surface area contributed by atoms with Crippen LogP contribution in [0.2, 0.25) is 10.0 Å². The second kappa shape index (κ2) is 11.3. The molecule has 0 amide bonds. The summed E-state index contributed by atoms with van der Waals surface area (Å²) in [5.74, 6) is 0. The SMILES string of the molecule is Cc1cc(C)cc(CN(CCCC[N+](C)(C)C)S(=O)(=O)c2ccc(Cl)c(Cl)c2)c1.[Br-]. The summed E-state index contributed by atoms with van der Waals surface area (Å²) in [7, 11) is 2.72. The number of aryl methyl sites for hydroxylation is 2. The Labute approximate surface area is 202 Å². The minimum atomic E-state index is -3.70. The Morgan fingerprint density at radius 1 is 0.900 bits per heavy atom. The Morgan fingerprint density at radius 2 is 1.50 bits per heavy atom. The van der Waals surface area contributed by atoms with Gasteiger partial charge in [0.15, 0.2) is 0 Å². The van der Waals surface area contributed by atoms with Crippen LogP contribution >= 0.6 is 23.2 Å². The Morgan fingerprint density at radius 3 is 2.03 bits per heavy atom. The predicted molar refractivity (Wildman–Crippen MR) is 122 cm³/mol. The zero-order chi connectivity index (χ0) is 21.8. The molecular formula is C22H31BrCl2N2O2S. The molecule has 0 aliphatic rings. The molecule has 0 saturated carbocycles. The van der Waals surface area contributed by atoms with Crippen LogP contribution in [0, 0.1) is 13.8 Å². The maximum absolute atomic E-state index is 13.4. The molecule has 0 atom stereocenters. The maximum Gasteiger partial charge on any atom is 0.243 e. The first kappa shape index (κ1) is 27.4. The zero-order valence-electron chi connectivity index (χ0n) is 18.3. The Balaban J connectivity index is 0.00000450. The van der Waals surface area contributed by atoms with Gasteiger partial charge in [0.2, 0.25) is 10.0 Å². The van der Waals surface area contributed by atoms with E-state index in [1.165, 1.54) is 18.2 Å². The number of halogens is 3. The quantitative estimate of drug-likeness (QED) is 0.363. The highest BCUT2D eigenvalue weighted by Gasteiger charge is 2.25. The molecule has 0 N–H and O–H groups in total. The van der Waals surface area contributed by atoms with Crippen LogP contribution in [0.25, 0.3) is 0 Å². The van der Waals surface area contributed by atoms with Crippen molar-refractivity contribution >= 4 is 33.2 Å². The highest BCUT2D eigenvalue weighted by atomic mass is 79.9. The monoisotopic (exact) mass is 536 g/mol. The van der Waals surface area contributed by atoms with Crippen LogP contribution in [-0.2, 0) is 16.6 Å². The van der Waals surface area contributed by atoms with E-state index in [-0.39, 0.29) is 26.9 Å². The zero-order valence-corrected chi connectivity index (χ0v) is 22.2. The van der Waals surface area contributed by atoms with Crippen LogP contribution in [0.5, 0.6) is 0 Å². The molecule has 2 aromatic rings. The van der Waals surface area contributed by atoms with E-state index in [1.807, 2.05) is 26.0 Å². The molecule has 0 fully saturated rings. The summed E-state index contributed by atoms with van der Waals surface area (Å²) in [6, 6.07) is 10.6. The van der Waals surface area contributed by atoms with Gasteiger partial charge >= 0.3 is 0 Å². The summed E-state index contributed by atoms with van der Waals surface area (Å²) in [6.07, 6.45) is 1.74. The lowest BCUT2D eigenvalue weighted by Gasteiger charge is -2.26. The topological polar surface area (TPSA) is 37.4 Å². The molecule has 2 aromatic carbocycles. The number of hydrogen-bond acceptors (Lipinski definition) is 2. The Hall–Kier alpha value is -0.630. The van der Waals surface area contributed by atoms with Crippen LogP contribution in [0.15, 0.2) is 41.3 Å². The highest BCUT2D eigenvalue weighted by molar-refractivity contribution is 7.89. The van der Waals surface area contributed by atoms with Crippen LogP contribution in [-0.4, -0.2) is 51.4 Å². The van der Waals surface area contributed by atoms with E-state index in [9.17, 15) is 8.42 Å². The van der Waals surface area contributed by atoms with E-state index in [0.717, 1.165) is 40.6 Å². The molecule has 0 unspecified atom stereocenters. The average Bonchev–Trinajstić information content (AvgIpc) is 2.58. The van der Waals surface area contributed by atoms with Crippen molar-refractivity contribution in [3.05, 3.63) is 63.1 Å². The van der Waals surface area contributed by atoms with E-state index >= 15 is 0 Å². The van der Waals surface area contributed by atoms with Crippen molar-refractivity contribution in [1.29, 1.82) is 0 Å². The standard InChI is InChI=1S/C22H31Cl2N2O2S.BrH/c1-17-12-18(2)14-19(13-17)16-25(10-6-7-11-26(3,4)5)29(27,28)20-8-9-21(23)22(24)15-20;/h8-9,12-15H,6-7,10-11,16H2,1-5H3;1H/q+1;/p-1. The van der Waals surface area contributed by atoms with Gasteiger partial charge in [-0.05, 0) is 50.5 Å². The number of sulfonamides is 1. The molecule has 0 aromatic heterocycles. The van der Waals surface area contributed by atoms with Crippen molar-refractivity contribution < 1.29 is 29.9 Å². The van der Waals surface area contributed by atoms with Crippen molar-refractivity contribution in [2.75, 3.05) is 34.2 Å². The number of benzene rings is 2. The van der Waals surface area contributed by atoms with Gasteiger partial charge in [-0.1, -0.05) is 52.5 Å². The van der Waals surface area contributed by atoms with Gasteiger partial charge in [0.1, 0.15) is 0 Å². The van der Waals surface area contributed by atoms with Crippen molar-refractivity contribution in [2.24, 2.45) is 0 Å². The fourth-order valence-corrected chi connectivity index (χ4v) is 5.17. The van der Waals surface area contributed by atoms with Gasteiger partial charge in [0.05, 0.1) is 42.6 Å². The molecule has 0 saturated heterocycles. The molecule has 0 bridgehead atoms. The van der Waals surface area contributed by atoms with Gasteiger partial charge in [-0.25, -0.2) is 8.42 Å². The molecule has 30 heavy (non-hydrogen) atoms. The molecule has 4 nitrogen and oxygen atoms in total. The highest BCUT2D eigenvalue weighted by Crippen LogP contribution is 2.27. The number of rotatable bonds is 9. The second-order valence-corrected chi connectivity index (χ2v) is 11.4. The van der Waals surface area contributed by atoms with Crippen molar-refractivity contribution in [2.45, 2.75) is 38.1 Å². The van der Waals surface area contributed by atoms with Crippen LogP contribution < -0.4 is 17.0 Å². The molecule has 8 heteroatoms. The second-order valence-electron chi connectivity index (χ2n) is 8.63. The van der Waals surface area contributed by atoms with Gasteiger partial charge < -0.3 is 21.5 Å². The normalized spacial score (nSPS) is 12.1. The third-order valence-corrected chi connectivity index (χ3v) is 7.24. The fraction of sp³-hybridized carbons (Fsp3) is 0.455. The number of nitrogens with zero attached hydrogens (tertiary/aromatic N) is 2. The minimum Gasteiger partial charge on any atom is -1.00 e. The Bertz CT molecular complexity index is 940. The number of quaternary nitrogens is 1. The van der Waals surface area contributed by atoms with Crippen LogP contribution in [0.3, 0.4) is 0 Å². The maximum atomic E-state index is 13.4. The molecule has 2 rings (SSSR count). The van der Waals surface area contributed by atoms with Gasteiger partial charge in [-0.3, -0.25) is 0 Å². The summed E-state index contributed by atoms with van der Waals surface area (Å²) in [4.78, 5) is 0.169. The van der Waals surface area contributed by atoms with Crippen LogP contribution in [0.1, 0.15) is 29.5 Å². The van der Waals surface area contributed by atoms with E-state index in [0.29, 0.717) is 18.1 Å². The van der Waals surface area contributed by atoms with E-state index in [4.69, 9.17) is 23.2 Å². The molecule has 168 valence electrons. The molecule has 0 aliphatic carbocycles. The Kier molecular flexibility index (Phi) is 10.3. The largest absolute Gasteiger partial charge is 1.00 e. The van der Waals surface area contributed by atoms with Crippen LogP contribution in [0.4, 0.5) is 0 Å². The van der Waals surface area contributed by atoms with Gasteiger partial charge in [-0.15, -0.1) is 0 Å². The summed E-state index contributed by atoms with van der Waals surface area (Å²) >= 11 is 12.1. The summed E-state index contributed by atoms with van der Waals surface area (Å²) in [6.45, 7) is 5.82. The molecule has 0 spiro atoms. The lowest BCUT2D eigenvalue weighted by molar-refractivity contribution is -0.870. The summed E-state index contributed by atoms with van der Waals surface area (Å²) in [5.41, 5.74) is 3.23. The fourth-order valence-electron chi connectivity index (χ4n) is 3.31. The van der Waals surface area contributed by atoms with Crippen molar-refractivity contribution in [3.63, 3.8) is 0 Å². The summed E-state index contributed by atoms with van der Waals surface area (Å²) in [5, 5.41) is 0.582. The van der Waals surface area contributed by atoms with E-state index in [2.05, 4.69) is 27.2 Å². The summed E-state index contributed by atoms with van der Waals surface area (Å²) < 4.78 is 29.2. The minimum absolute atomic E-state index is 0. The lowest BCUT2D eigenvalue weighted by Crippen LogP contribution is -3.00. The van der Waals surface area contributed by atoms with E-state index < -0.39 is 10.0 Å². The molecular weight excluding hydrogens is 507 g/mol. The van der Waals surface area contributed by atoms with Gasteiger partial charge in [-0.2, -0.15) is 4.31 Å². The van der Waals surface area contributed by atoms with Crippen molar-refractivity contribution in [1.82, 2.24) is 4.31 Å². The first-order valence-electron chi connectivity index (χ1n) is 9.71. The first-order valence-corrected chi connectivity index (χ1v) is 11.9. The first-order chi connectivity index (χ1) is 13.4. The third-order valence-electron chi connectivity index (χ3n) is 4.66. The lowest BCUT2D eigenvalue weighted by atomic mass is 10.1. The van der Waals surface area contributed by atoms with E-state index in [1.54, 1.807) is 4.31 Å². The number of unbranched alkanes of at least 4 members (excludes halogenated alkanes) is 1. The third kappa shape index (κ3) is 8.13. The van der Waals surface area contributed by atoms with Gasteiger partial charge in [0.25, 0.3) is 0 Å². The average molecular weight is 538 g/mol. The predicted octanol–water partition coefficient (Wildman–Crippen LogP) is 2.29.